The molecule has 2 rings (SSSR count). The van der Waals surface area contributed by atoms with Crippen LogP contribution < -0.4 is 5.32 Å². The summed E-state index contributed by atoms with van der Waals surface area (Å²) in [7, 11) is 0. The molecule has 6 heteroatoms. The fraction of sp³-hybridized carbons (Fsp3) is 0. The third kappa shape index (κ3) is 2.76. The van der Waals surface area contributed by atoms with Crippen LogP contribution in [-0.4, -0.2) is 10.9 Å². The van der Waals surface area contributed by atoms with Gasteiger partial charge in [0.05, 0.1) is 5.69 Å². The van der Waals surface area contributed by atoms with Gasteiger partial charge in [-0.05, 0) is 56.1 Å². The number of carbonyl (C=O) groups excluding carboxylic acids is 1. The predicted octanol–water partition coefficient (Wildman–Crippen LogP) is 4.00. The van der Waals surface area contributed by atoms with Crippen molar-refractivity contribution in [3.8, 4) is 0 Å². The number of aromatic nitrogens is 1. The van der Waals surface area contributed by atoms with E-state index in [1.54, 1.807) is 24.3 Å². The molecular formula is C12H7Br2FN2O. The number of anilines is 1. The molecule has 92 valence electrons. The van der Waals surface area contributed by atoms with Gasteiger partial charge >= 0.3 is 0 Å². The molecule has 1 aromatic heterocycles. The Kier molecular flexibility index (Phi) is 4.08. The number of nitrogens with zero attached hydrogens (tertiary/aromatic N) is 1. The summed E-state index contributed by atoms with van der Waals surface area (Å²) in [5, 5.41) is 2.48. The number of pyridine rings is 1. The monoisotopic (exact) mass is 372 g/mol. The molecule has 0 unspecified atom stereocenters. The van der Waals surface area contributed by atoms with Gasteiger partial charge in [0.25, 0.3) is 5.91 Å². The van der Waals surface area contributed by atoms with Gasteiger partial charge in [-0.1, -0.05) is 6.07 Å². The molecule has 0 spiro atoms. The van der Waals surface area contributed by atoms with Gasteiger partial charge in [-0.15, -0.1) is 0 Å². The van der Waals surface area contributed by atoms with Crippen LogP contribution in [0.25, 0.3) is 0 Å². The van der Waals surface area contributed by atoms with Crippen LogP contribution in [0.2, 0.25) is 0 Å². The number of hydrogen-bond donors (Lipinski definition) is 1. The van der Waals surface area contributed by atoms with Crippen molar-refractivity contribution >= 4 is 43.5 Å². The molecule has 0 saturated heterocycles. The molecule has 1 amide bonds. The lowest BCUT2D eigenvalue weighted by Crippen LogP contribution is -2.15. The van der Waals surface area contributed by atoms with E-state index in [1.807, 2.05) is 0 Å². The van der Waals surface area contributed by atoms with Crippen molar-refractivity contribution in [1.82, 2.24) is 4.98 Å². The van der Waals surface area contributed by atoms with Crippen LogP contribution in [0.4, 0.5) is 10.1 Å². The van der Waals surface area contributed by atoms with E-state index < -0.39 is 11.7 Å². The average Bonchev–Trinajstić information content (AvgIpc) is 2.34. The van der Waals surface area contributed by atoms with E-state index in [0.29, 0.717) is 8.95 Å². The second-order valence-corrected chi connectivity index (χ2v) is 5.09. The molecule has 0 bridgehead atoms. The fourth-order valence-corrected chi connectivity index (χ4v) is 2.22. The van der Waals surface area contributed by atoms with Crippen molar-refractivity contribution in [1.29, 1.82) is 0 Å². The molecule has 0 saturated carbocycles. The SMILES string of the molecule is O=C(Nc1c(F)cccc1Br)c1ncccc1Br. The molecule has 0 radical (unpaired) electrons. The first-order valence-electron chi connectivity index (χ1n) is 4.95. The van der Waals surface area contributed by atoms with Crippen molar-refractivity contribution < 1.29 is 9.18 Å². The molecule has 18 heavy (non-hydrogen) atoms. The Labute approximate surface area is 120 Å². The summed E-state index contributed by atoms with van der Waals surface area (Å²) in [5.41, 5.74) is 0.299. The summed E-state index contributed by atoms with van der Waals surface area (Å²) in [6.07, 6.45) is 1.50. The van der Waals surface area contributed by atoms with E-state index in [-0.39, 0.29) is 11.4 Å². The van der Waals surface area contributed by atoms with E-state index in [1.165, 1.54) is 12.3 Å². The number of rotatable bonds is 2. The van der Waals surface area contributed by atoms with E-state index in [9.17, 15) is 9.18 Å². The number of carbonyl (C=O) groups is 1. The Morgan fingerprint density at radius 3 is 2.56 bits per heavy atom. The van der Waals surface area contributed by atoms with E-state index in [0.717, 1.165) is 0 Å². The lowest BCUT2D eigenvalue weighted by Gasteiger charge is -2.08. The minimum Gasteiger partial charge on any atom is -0.317 e. The minimum absolute atomic E-state index is 0.0973. The second-order valence-electron chi connectivity index (χ2n) is 3.38. The molecule has 0 aliphatic carbocycles. The van der Waals surface area contributed by atoms with Crippen LogP contribution in [0.3, 0.4) is 0 Å². The van der Waals surface area contributed by atoms with Crippen molar-refractivity contribution in [3.05, 3.63) is 57.0 Å². The highest BCUT2D eigenvalue weighted by Gasteiger charge is 2.15. The maximum absolute atomic E-state index is 13.6. The molecular weight excluding hydrogens is 367 g/mol. The molecule has 1 aromatic carbocycles. The number of halogens is 3. The minimum atomic E-state index is -0.509. The summed E-state index contributed by atoms with van der Waals surface area (Å²) in [6.45, 7) is 0. The number of hydrogen-bond acceptors (Lipinski definition) is 2. The number of amides is 1. The highest BCUT2D eigenvalue weighted by atomic mass is 79.9. The number of nitrogens with one attached hydrogen (secondary N) is 1. The van der Waals surface area contributed by atoms with Gasteiger partial charge < -0.3 is 5.32 Å². The van der Waals surface area contributed by atoms with Gasteiger partial charge in [-0.25, -0.2) is 9.37 Å². The normalized spacial score (nSPS) is 10.2. The Balaban J connectivity index is 2.30. The Morgan fingerprint density at radius 2 is 1.89 bits per heavy atom. The van der Waals surface area contributed by atoms with Gasteiger partial charge in [0.15, 0.2) is 0 Å². The Morgan fingerprint density at radius 1 is 1.17 bits per heavy atom. The summed E-state index contributed by atoms with van der Waals surface area (Å²) in [5.74, 6) is -0.988. The van der Waals surface area contributed by atoms with Crippen LogP contribution >= 0.6 is 31.9 Å². The summed E-state index contributed by atoms with van der Waals surface area (Å²) in [4.78, 5) is 15.9. The van der Waals surface area contributed by atoms with Crippen LogP contribution in [-0.2, 0) is 0 Å². The zero-order valence-corrected chi connectivity index (χ0v) is 12.1. The number of benzene rings is 1. The fourth-order valence-electron chi connectivity index (χ4n) is 1.34. The molecule has 1 heterocycles. The molecule has 2 aromatic rings. The van der Waals surface area contributed by atoms with Gasteiger partial charge in [-0.2, -0.15) is 0 Å². The third-order valence-corrected chi connectivity index (χ3v) is 3.48. The highest BCUT2D eigenvalue weighted by Crippen LogP contribution is 2.26. The molecule has 0 fully saturated rings. The van der Waals surface area contributed by atoms with E-state index in [2.05, 4.69) is 42.2 Å². The first kappa shape index (κ1) is 13.2. The molecule has 3 nitrogen and oxygen atoms in total. The van der Waals surface area contributed by atoms with Crippen molar-refractivity contribution in [2.24, 2.45) is 0 Å². The highest BCUT2D eigenvalue weighted by molar-refractivity contribution is 9.11. The third-order valence-electron chi connectivity index (χ3n) is 2.17. The maximum atomic E-state index is 13.6. The first-order valence-corrected chi connectivity index (χ1v) is 6.54. The van der Waals surface area contributed by atoms with E-state index >= 15 is 0 Å². The van der Waals surface area contributed by atoms with Gasteiger partial charge in [0.1, 0.15) is 11.5 Å². The quantitative estimate of drug-likeness (QED) is 0.864. The van der Waals surface area contributed by atoms with Crippen LogP contribution in [0.1, 0.15) is 10.5 Å². The molecule has 0 atom stereocenters. The zero-order chi connectivity index (χ0) is 13.1. The van der Waals surface area contributed by atoms with Gasteiger partial charge in [0.2, 0.25) is 0 Å². The van der Waals surface area contributed by atoms with Crippen molar-refractivity contribution in [2.45, 2.75) is 0 Å². The van der Waals surface area contributed by atoms with Crippen molar-refractivity contribution in [3.63, 3.8) is 0 Å². The summed E-state index contributed by atoms with van der Waals surface area (Å²) < 4.78 is 14.6. The molecule has 0 aliphatic rings. The topological polar surface area (TPSA) is 42.0 Å². The lowest BCUT2D eigenvalue weighted by molar-refractivity contribution is 0.102. The van der Waals surface area contributed by atoms with E-state index in [4.69, 9.17) is 0 Å². The second kappa shape index (κ2) is 5.58. The lowest BCUT2D eigenvalue weighted by atomic mass is 10.3. The van der Waals surface area contributed by atoms with Gasteiger partial charge in [-0.3, -0.25) is 4.79 Å². The molecule has 0 aliphatic heterocycles. The summed E-state index contributed by atoms with van der Waals surface area (Å²) >= 11 is 6.40. The molecule has 1 N–H and O–H groups in total. The average molecular weight is 374 g/mol. The standard InChI is InChI=1S/C12H7Br2FN2O/c13-7-3-1-5-9(15)10(7)17-12(18)11-8(14)4-2-6-16-11/h1-6H,(H,17,18). The van der Waals surface area contributed by atoms with Crippen molar-refractivity contribution in [2.75, 3.05) is 5.32 Å². The number of para-hydroxylation sites is 1. The zero-order valence-electron chi connectivity index (χ0n) is 8.95. The largest absolute Gasteiger partial charge is 0.317 e. The summed E-state index contributed by atoms with van der Waals surface area (Å²) in [6, 6.07) is 7.85. The smallest absolute Gasteiger partial charge is 0.275 e. The Hall–Kier alpha value is -1.27. The van der Waals surface area contributed by atoms with Crippen LogP contribution in [0, 0.1) is 5.82 Å². The first-order chi connectivity index (χ1) is 8.59. The Bertz CT molecular complexity index is 584. The van der Waals surface area contributed by atoms with Gasteiger partial charge in [0, 0.05) is 15.1 Å². The predicted molar refractivity (Wildman–Crippen MR) is 74.0 cm³/mol. The van der Waals surface area contributed by atoms with Crippen LogP contribution in [0.5, 0.6) is 0 Å². The van der Waals surface area contributed by atoms with Crippen LogP contribution in [0.15, 0.2) is 45.5 Å². The maximum Gasteiger partial charge on any atom is 0.275 e.